The van der Waals surface area contributed by atoms with E-state index in [1.807, 2.05) is 42.5 Å². The molecule has 17 heavy (non-hydrogen) atoms. The van der Waals surface area contributed by atoms with Crippen molar-refractivity contribution in [2.24, 2.45) is 0 Å². The van der Waals surface area contributed by atoms with E-state index in [1.165, 1.54) is 0 Å². The summed E-state index contributed by atoms with van der Waals surface area (Å²) in [5.74, 6) is 0. The second-order valence-corrected chi connectivity index (χ2v) is 3.30. The average Bonchev–Trinajstić information content (AvgIpc) is 2.30. The second-order valence-electron chi connectivity index (χ2n) is 3.30. The number of hydrogen-bond acceptors (Lipinski definition) is 1. The second kappa shape index (κ2) is 7.48. The Balaban J connectivity index is 0.00000128. The van der Waals surface area contributed by atoms with Gasteiger partial charge in [-0.3, -0.25) is 0 Å². The number of benzene rings is 2. The molecule has 0 heterocycles. The smallest absolute Gasteiger partial charge is 1.00 e. The number of nitrogens with zero attached hydrogens (tertiary/aromatic N) is 1. The summed E-state index contributed by atoms with van der Waals surface area (Å²) in [4.78, 5) is 0. The van der Waals surface area contributed by atoms with E-state index >= 15 is 0 Å². The minimum absolute atomic E-state index is 0. The van der Waals surface area contributed by atoms with Crippen molar-refractivity contribution in [2.75, 3.05) is 5.73 Å². The number of anilines is 1. The molecule has 82 valence electrons. The summed E-state index contributed by atoms with van der Waals surface area (Å²) in [5.41, 5.74) is 8.02. The summed E-state index contributed by atoms with van der Waals surface area (Å²) in [6.45, 7) is 0. The summed E-state index contributed by atoms with van der Waals surface area (Å²) in [7, 11) is 0. The van der Waals surface area contributed by atoms with Crippen LogP contribution in [0.3, 0.4) is 0 Å². The molecule has 0 aliphatic rings. The third-order valence-electron chi connectivity index (χ3n) is 2.26. The molecule has 0 bridgehead atoms. The van der Waals surface area contributed by atoms with Gasteiger partial charge in [-0.15, -0.1) is 5.71 Å². The molecule has 0 fully saturated rings. The fraction of sp³-hybridized carbons (Fsp3) is 0. The van der Waals surface area contributed by atoms with Crippen molar-refractivity contribution in [1.82, 2.24) is 0 Å². The largest absolute Gasteiger partial charge is 2.00 e. The molecule has 0 atom stereocenters. The van der Waals surface area contributed by atoms with Crippen molar-refractivity contribution in [3.05, 3.63) is 71.1 Å². The molecule has 0 saturated heterocycles. The van der Waals surface area contributed by atoms with Crippen LogP contribution in [0.5, 0.6) is 0 Å². The van der Waals surface area contributed by atoms with Gasteiger partial charge in [0.25, 0.3) is 0 Å². The predicted molar refractivity (Wildman–Crippen MR) is 69.6 cm³/mol. The Morgan fingerprint density at radius 2 is 1.41 bits per heavy atom. The topological polar surface area (TPSA) is 48.3 Å². The zero-order chi connectivity index (χ0) is 10.7. The first-order valence-corrected chi connectivity index (χ1v) is 4.75. The van der Waals surface area contributed by atoms with Gasteiger partial charge in [0.1, 0.15) is 0 Å². The number of hydrogen-bond donors (Lipinski definition) is 1. The monoisotopic (exact) mass is 298 g/mol. The van der Waals surface area contributed by atoms with Crippen molar-refractivity contribution in [2.45, 2.75) is 0 Å². The molecule has 2 rings (SSSR count). The van der Waals surface area contributed by atoms with Gasteiger partial charge in [0, 0.05) is 5.69 Å². The minimum Gasteiger partial charge on any atom is -1.00 e. The first-order chi connectivity index (χ1) is 7.29. The van der Waals surface area contributed by atoms with Crippen LogP contribution in [0.25, 0.3) is 5.41 Å². The van der Waals surface area contributed by atoms with Crippen LogP contribution in [0.1, 0.15) is 11.1 Å². The summed E-state index contributed by atoms with van der Waals surface area (Å²) >= 11 is 0. The maximum atomic E-state index is 10.0. The fourth-order valence-electron chi connectivity index (χ4n) is 1.46. The first kappa shape index (κ1) is 16.2. The van der Waals surface area contributed by atoms with Gasteiger partial charge in [-0.25, -0.2) is 0 Å². The van der Waals surface area contributed by atoms with Gasteiger partial charge in [0.15, 0.2) is 0 Å². The average molecular weight is 299 g/mol. The van der Waals surface area contributed by atoms with Crippen LogP contribution in [0.15, 0.2) is 54.6 Å². The van der Waals surface area contributed by atoms with E-state index in [4.69, 9.17) is 5.73 Å². The third-order valence-corrected chi connectivity index (χ3v) is 2.26. The van der Waals surface area contributed by atoms with E-state index < -0.39 is 0 Å². The van der Waals surface area contributed by atoms with Crippen LogP contribution in [-0.2, 0) is 0 Å². The van der Waals surface area contributed by atoms with Crippen LogP contribution in [-0.4, -0.2) is 28.8 Å². The van der Waals surface area contributed by atoms with E-state index in [-0.39, 0.29) is 45.7 Å². The zero-order valence-corrected chi connectivity index (χ0v) is 12.3. The van der Waals surface area contributed by atoms with Crippen molar-refractivity contribution < 1.29 is 17.0 Å². The molecular formula is C13H11BrMgN2. The van der Waals surface area contributed by atoms with Gasteiger partial charge >= 0.3 is 23.1 Å². The molecule has 2 aromatic rings. The van der Waals surface area contributed by atoms with Gasteiger partial charge in [-0.1, -0.05) is 48.5 Å². The number of halogens is 1. The van der Waals surface area contributed by atoms with Crippen LogP contribution in [0.4, 0.5) is 5.69 Å². The van der Waals surface area contributed by atoms with E-state index in [1.54, 1.807) is 12.1 Å². The van der Waals surface area contributed by atoms with Gasteiger partial charge in [0.05, 0.1) is 0 Å². The summed E-state index contributed by atoms with van der Waals surface area (Å²) in [5, 5.41) is 10.0. The van der Waals surface area contributed by atoms with Gasteiger partial charge < -0.3 is 28.1 Å². The quantitative estimate of drug-likeness (QED) is 0.445. The molecule has 0 saturated carbocycles. The summed E-state index contributed by atoms with van der Waals surface area (Å²) < 4.78 is 0. The number of nitrogens with two attached hydrogens (primary N) is 1. The Morgan fingerprint density at radius 1 is 0.882 bits per heavy atom. The Kier molecular flexibility index (Phi) is 7.10. The Morgan fingerprint density at radius 3 is 2.00 bits per heavy atom. The van der Waals surface area contributed by atoms with Crippen molar-refractivity contribution in [1.29, 1.82) is 0 Å². The molecule has 2 N–H and O–H groups in total. The molecule has 0 aliphatic carbocycles. The van der Waals surface area contributed by atoms with Gasteiger partial charge in [-0.2, -0.15) is 0 Å². The fourth-order valence-corrected chi connectivity index (χ4v) is 1.46. The molecule has 0 spiro atoms. The molecule has 0 aromatic heterocycles. The van der Waals surface area contributed by atoms with Crippen molar-refractivity contribution in [3.8, 4) is 0 Å². The van der Waals surface area contributed by atoms with E-state index in [2.05, 4.69) is 0 Å². The summed E-state index contributed by atoms with van der Waals surface area (Å²) in [6, 6.07) is 16.6. The van der Waals surface area contributed by atoms with E-state index in [9.17, 15) is 5.41 Å². The molecule has 0 radical (unpaired) electrons. The molecule has 0 aliphatic heterocycles. The first-order valence-electron chi connectivity index (χ1n) is 4.75. The Hall–Kier alpha value is -0.844. The summed E-state index contributed by atoms with van der Waals surface area (Å²) in [6.07, 6.45) is 0. The van der Waals surface area contributed by atoms with Crippen molar-refractivity contribution >= 4 is 34.5 Å². The van der Waals surface area contributed by atoms with Crippen molar-refractivity contribution in [3.63, 3.8) is 0 Å². The molecule has 0 amide bonds. The third kappa shape index (κ3) is 3.83. The maximum absolute atomic E-state index is 10.0. The molecule has 0 unspecified atom stereocenters. The maximum Gasteiger partial charge on any atom is 2.00 e. The van der Waals surface area contributed by atoms with Crippen LogP contribution >= 0.6 is 0 Å². The molecular weight excluding hydrogens is 288 g/mol. The number of rotatable bonds is 2. The standard InChI is InChI=1S/C13H11N2.BrH.Mg/c14-12-9-5-4-8-11(12)13(15)10-6-2-1-3-7-10;;/h1-9H,14H2;1H;/q-1;;+2/p-1. The van der Waals surface area contributed by atoms with Crippen LogP contribution in [0.2, 0.25) is 0 Å². The van der Waals surface area contributed by atoms with Crippen LogP contribution < -0.4 is 22.7 Å². The predicted octanol–water partition coefficient (Wildman–Crippen LogP) is -0.701. The number of para-hydroxylation sites is 1. The van der Waals surface area contributed by atoms with Gasteiger partial charge in [0.2, 0.25) is 0 Å². The zero-order valence-electron chi connectivity index (χ0n) is 9.31. The van der Waals surface area contributed by atoms with E-state index in [0.717, 1.165) is 5.56 Å². The Labute approximate surface area is 128 Å². The minimum atomic E-state index is 0. The SMILES string of the molecule is [Br-].[Mg+2].[N-]=C(c1ccccc1)c1ccccc1N. The van der Waals surface area contributed by atoms with Gasteiger partial charge in [-0.05, 0) is 17.2 Å². The molecule has 2 aromatic carbocycles. The molecule has 2 nitrogen and oxygen atoms in total. The Bertz CT molecular complexity index is 486. The number of nitrogen functional groups attached to an aromatic ring is 1. The molecule has 4 heteroatoms. The normalized spacial score (nSPS) is 8.71. The van der Waals surface area contributed by atoms with E-state index in [0.29, 0.717) is 11.3 Å². The van der Waals surface area contributed by atoms with Crippen LogP contribution in [0, 0.1) is 0 Å².